The van der Waals surface area contributed by atoms with Crippen LogP contribution in [0.2, 0.25) is 0 Å². The molecular formula is C10H15NO2S. The first-order valence-electron chi connectivity index (χ1n) is 4.95. The van der Waals surface area contributed by atoms with Crippen molar-refractivity contribution in [2.75, 3.05) is 13.2 Å². The Labute approximate surface area is 88.2 Å². The molecule has 0 amide bonds. The molecule has 0 aliphatic carbocycles. The van der Waals surface area contributed by atoms with Gasteiger partial charge in [0, 0.05) is 18.5 Å². The Hall–Kier alpha value is -0.480. The summed E-state index contributed by atoms with van der Waals surface area (Å²) in [6.07, 6.45) is 4.09. The molecule has 1 saturated heterocycles. The quantitative estimate of drug-likeness (QED) is 0.772. The first kappa shape index (κ1) is 10.1. The van der Waals surface area contributed by atoms with E-state index in [-0.39, 0.29) is 0 Å². The van der Waals surface area contributed by atoms with Gasteiger partial charge in [-0.05, 0) is 19.8 Å². The number of nitrogens with zero attached hydrogens (tertiary/aromatic N) is 1. The Morgan fingerprint density at radius 1 is 1.50 bits per heavy atom. The molecule has 1 aliphatic heterocycles. The van der Waals surface area contributed by atoms with Crippen molar-refractivity contribution >= 4 is 11.8 Å². The number of rotatable bonds is 3. The van der Waals surface area contributed by atoms with Gasteiger partial charge in [0.25, 0.3) is 0 Å². The first-order chi connectivity index (χ1) is 6.84. The maximum Gasteiger partial charge on any atom is 0.204 e. The van der Waals surface area contributed by atoms with Crippen LogP contribution in [0.4, 0.5) is 0 Å². The standard InChI is InChI=1S/C10H15NO2S/c1-8-6-11-10(13-8)7-14-9-2-4-12-5-3-9/h6,9H,2-5,7H2,1H3. The van der Waals surface area contributed by atoms with Gasteiger partial charge < -0.3 is 9.15 Å². The second-order valence-corrected chi connectivity index (χ2v) is 4.78. The van der Waals surface area contributed by atoms with Crippen LogP contribution in [0.5, 0.6) is 0 Å². The van der Waals surface area contributed by atoms with E-state index >= 15 is 0 Å². The largest absolute Gasteiger partial charge is 0.445 e. The lowest BCUT2D eigenvalue weighted by Crippen LogP contribution is -2.17. The van der Waals surface area contributed by atoms with Crippen molar-refractivity contribution in [1.82, 2.24) is 4.98 Å². The summed E-state index contributed by atoms with van der Waals surface area (Å²) in [4.78, 5) is 4.18. The van der Waals surface area contributed by atoms with Gasteiger partial charge in [0.1, 0.15) is 5.76 Å². The van der Waals surface area contributed by atoms with Gasteiger partial charge in [0.05, 0.1) is 11.9 Å². The minimum atomic E-state index is 0.718. The molecule has 0 radical (unpaired) electrons. The Kier molecular flexibility index (Phi) is 3.48. The molecule has 2 heterocycles. The Morgan fingerprint density at radius 3 is 2.93 bits per heavy atom. The zero-order valence-corrected chi connectivity index (χ0v) is 9.18. The molecule has 0 aromatic carbocycles. The monoisotopic (exact) mass is 213 g/mol. The van der Waals surface area contributed by atoms with Crippen molar-refractivity contribution in [3.05, 3.63) is 17.8 Å². The molecule has 2 rings (SSSR count). The lowest BCUT2D eigenvalue weighted by molar-refractivity contribution is 0.1000. The molecule has 0 N–H and O–H groups in total. The number of thioether (sulfide) groups is 1. The lowest BCUT2D eigenvalue weighted by Gasteiger charge is -2.20. The fourth-order valence-corrected chi connectivity index (χ4v) is 2.54. The van der Waals surface area contributed by atoms with Crippen LogP contribution in [0.3, 0.4) is 0 Å². The summed E-state index contributed by atoms with van der Waals surface area (Å²) in [5.41, 5.74) is 0. The van der Waals surface area contributed by atoms with Crippen LogP contribution in [-0.4, -0.2) is 23.4 Å². The Balaban J connectivity index is 1.76. The highest BCUT2D eigenvalue weighted by atomic mass is 32.2. The second-order valence-electron chi connectivity index (χ2n) is 3.49. The summed E-state index contributed by atoms with van der Waals surface area (Å²) in [5.74, 6) is 2.63. The van der Waals surface area contributed by atoms with Crippen LogP contribution in [0.1, 0.15) is 24.5 Å². The van der Waals surface area contributed by atoms with E-state index in [0.29, 0.717) is 0 Å². The van der Waals surface area contributed by atoms with Gasteiger partial charge in [-0.25, -0.2) is 4.98 Å². The summed E-state index contributed by atoms with van der Waals surface area (Å²) in [5, 5.41) is 0.718. The van der Waals surface area contributed by atoms with E-state index in [1.165, 1.54) is 0 Å². The molecule has 0 atom stereocenters. The van der Waals surface area contributed by atoms with Crippen LogP contribution < -0.4 is 0 Å². The molecular weight excluding hydrogens is 198 g/mol. The number of oxazole rings is 1. The second kappa shape index (κ2) is 4.84. The van der Waals surface area contributed by atoms with E-state index in [4.69, 9.17) is 9.15 Å². The smallest absolute Gasteiger partial charge is 0.204 e. The summed E-state index contributed by atoms with van der Waals surface area (Å²) in [6.45, 7) is 3.74. The number of aromatic nitrogens is 1. The van der Waals surface area contributed by atoms with Gasteiger partial charge in [-0.3, -0.25) is 0 Å². The number of hydrogen-bond donors (Lipinski definition) is 0. The zero-order chi connectivity index (χ0) is 9.80. The maximum atomic E-state index is 5.41. The highest BCUT2D eigenvalue weighted by Gasteiger charge is 2.14. The maximum absolute atomic E-state index is 5.41. The van der Waals surface area contributed by atoms with E-state index < -0.39 is 0 Å². The normalized spacial score (nSPS) is 18.6. The van der Waals surface area contributed by atoms with Crippen LogP contribution in [0, 0.1) is 6.92 Å². The van der Waals surface area contributed by atoms with E-state index in [9.17, 15) is 0 Å². The minimum Gasteiger partial charge on any atom is -0.445 e. The van der Waals surface area contributed by atoms with Crippen molar-refractivity contribution in [3.63, 3.8) is 0 Å². The van der Waals surface area contributed by atoms with Crippen LogP contribution in [-0.2, 0) is 10.5 Å². The molecule has 4 heteroatoms. The van der Waals surface area contributed by atoms with Crippen molar-refractivity contribution in [2.45, 2.75) is 30.8 Å². The molecule has 1 fully saturated rings. The predicted molar refractivity (Wildman–Crippen MR) is 56.4 cm³/mol. The first-order valence-corrected chi connectivity index (χ1v) is 6.00. The molecule has 0 spiro atoms. The molecule has 1 aromatic heterocycles. The van der Waals surface area contributed by atoms with Gasteiger partial charge in [-0.15, -0.1) is 11.8 Å². The molecule has 3 nitrogen and oxygen atoms in total. The fourth-order valence-electron chi connectivity index (χ4n) is 1.50. The highest BCUT2D eigenvalue weighted by Crippen LogP contribution is 2.25. The Bertz CT molecular complexity index is 281. The summed E-state index contributed by atoms with van der Waals surface area (Å²) < 4.78 is 10.7. The molecule has 14 heavy (non-hydrogen) atoms. The molecule has 1 aliphatic rings. The van der Waals surface area contributed by atoms with Crippen molar-refractivity contribution in [3.8, 4) is 0 Å². The lowest BCUT2D eigenvalue weighted by atomic mass is 10.2. The SMILES string of the molecule is Cc1cnc(CSC2CCOCC2)o1. The zero-order valence-electron chi connectivity index (χ0n) is 8.36. The third-order valence-corrected chi connectivity index (χ3v) is 3.64. The fraction of sp³-hybridized carbons (Fsp3) is 0.700. The molecule has 78 valence electrons. The van der Waals surface area contributed by atoms with Gasteiger partial charge in [0.15, 0.2) is 0 Å². The number of hydrogen-bond acceptors (Lipinski definition) is 4. The molecule has 0 unspecified atom stereocenters. The van der Waals surface area contributed by atoms with E-state index in [2.05, 4.69) is 4.98 Å². The topological polar surface area (TPSA) is 35.3 Å². The average molecular weight is 213 g/mol. The summed E-state index contributed by atoms with van der Waals surface area (Å²) in [6, 6.07) is 0. The molecule has 0 saturated carbocycles. The van der Waals surface area contributed by atoms with Crippen molar-refractivity contribution < 1.29 is 9.15 Å². The highest BCUT2D eigenvalue weighted by molar-refractivity contribution is 7.99. The molecule has 0 bridgehead atoms. The van der Waals surface area contributed by atoms with E-state index in [1.54, 1.807) is 6.20 Å². The predicted octanol–water partition coefficient (Wildman–Crippen LogP) is 2.40. The van der Waals surface area contributed by atoms with Crippen LogP contribution >= 0.6 is 11.8 Å². The van der Waals surface area contributed by atoms with Gasteiger partial charge in [-0.1, -0.05) is 0 Å². The average Bonchev–Trinajstić information content (AvgIpc) is 2.63. The van der Waals surface area contributed by atoms with Crippen molar-refractivity contribution in [1.29, 1.82) is 0 Å². The summed E-state index contributed by atoms with van der Waals surface area (Å²) in [7, 11) is 0. The van der Waals surface area contributed by atoms with Gasteiger partial charge in [-0.2, -0.15) is 0 Å². The summed E-state index contributed by atoms with van der Waals surface area (Å²) >= 11 is 1.93. The van der Waals surface area contributed by atoms with Gasteiger partial charge in [0.2, 0.25) is 5.89 Å². The Morgan fingerprint density at radius 2 is 2.29 bits per heavy atom. The van der Waals surface area contributed by atoms with Crippen molar-refractivity contribution in [2.24, 2.45) is 0 Å². The third kappa shape index (κ3) is 2.75. The third-order valence-electron chi connectivity index (χ3n) is 2.28. The van der Waals surface area contributed by atoms with E-state index in [1.807, 2.05) is 18.7 Å². The van der Waals surface area contributed by atoms with E-state index in [0.717, 1.165) is 48.7 Å². The number of ether oxygens (including phenoxy) is 1. The minimum absolute atomic E-state index is 0.718. The van der Waals surface area contributed by atoms with Gasteiger partial charge >= 0.3 is 0 Å². The molecule has 1 aromatic rings. The van der Waals surface area contributed by atoms with Crippen LogP contribution in [0.15, 0.2) is 10.6 Å². The van der Waals surface area contributed by atoms with Crippen LogP contribution in [0.25, 0.3) is 0 Å². The number of aryl methyl sites for hydroxylation is 1.